The second-order valence-electron chi connectivity index (χ2n) is 5.68. The fraction of sp³-hybridized carbons (Fsp3) is 0.0500. The zero-order chi connectivity index (χ0) is 17.8. The molecule has 0 saturated carbocycles. The molecule has 0 radical (unpaired) electrons. The lowest BCUT2D eigenvalue weighted by atomic mass is 10.1. The maximum atomic E-state index is 12.4. The molecule has 4 rings (SSSR count). The van der Waals surface area contributed by atoms with Crippen molar-refractivity contribution in [2.75, 3.05) is 0 Å². The standard InChI is InChI=1S/C20H15N3OS2/c24-19(18-13-26-20(23-18)15-4-2-1-3-5-15)22-10-14-8-17(11-21-9-14)16-6-7-25-12-16/h1-9,11-13H,10H2,(H,22,24). The van der Waals surface area contributed by atoms with Crippen LogP contribution in [0.25, 0.3) is 21.7 Å². The van der Waals surface area contributed by atoms with Gasteiger partial charge in [0.15, 0.2) is 0 Å². The molecule has 0 aliphatic heterocycles. The van der Waals surface area contributed by atoms with Crippen molar-refractivity contribution >= 4 is 28.6 Å². The van der Waals surface area contributed by atoms with Crippen LogP contribution in [0.5, 0.6) is 0 Å². The first kappa shape index (κ1) is 16.6. The lowest BCUT2D eigenvalue weighted by molar-refractivity contribution is 0.0946. The van der Waals surface area contributed by atoms with Crippen LogP contribution in [-0.2, 0) is 6.54 Å². The van der Waals surface area contributed by atoms with Gasteiger partial charge in [0, 0.05) is 35.4 Å². The molecule has 1 aromatic carbocycles. The van der Waals surface area contributed by atoms with Gasteiger partial charge in [-0.3, -0.25) is 9.78 Å². The first-order valence-electron chi connectivity index (χ1n) is 8.05. The summed E-state index contributed by atoms with van der Waals surface area (Å²) in [7, 11) is 0. The quantitative estimate of drug-likeness (QED) is 0.540. The third-order valence-electron chi connectivity index (χ3n) is 3.86. The number of pyridine rings is 1. The Morgan fingerprint density at radius 1 is 1.00 bits per heavy atom. The summed E-state index contributed by atoms with van der Waals surface area (Å²) in [6.45, 7) is 0.419. The predicted octanol–water partition coefficient (Wildman–Crippen LogP) is 4.86. The number of carbonyl (C=O) groups is 1. The summed E-state index contributed by atoms with van der Waals surface area (Å²) >= 11 is 3.12. The number of hydrogen-bond donors (Lipinski definition) is 1. The number of hydrogen-bond acceptors (Lipinski definition) is 5. The molecule has 6 heteroatoms. The highest BCUT2D eigenvalue weighted by molar-refractivity contribution is 7.13. The fourth-order valence-electron chi connectivity index (χ4n) is 2.54. The van der Waals surface area contributed by atoms with Crippen LogP contribution in [0.1, 0.15) is 16.1 Å². The highest BCUT2D eigenvalue weighted by Gasteiger charge is 2.12. The van der Waals surface area contributed by atoms with Crippen LogP contribution in [0.4, 0.5) is 0 Å². The van der Waals surface area contributed by atoms with E-state index in [-0.39, 0.29) is 5.91 Å². The third kappa shape index (κ3) is 3.71. The summed E-state index contributed by atoms with van der Waals surface area (Å²) in [5.41, 5.74) is 4.61. The van der Waals surface area contributed by atoms with Gasteiger partial charge in [-0.1, -0.05) is 30.3 Å². The highest BCUT2D eigenvalue weighted by atomic mass is 32.1. The summed E-state index contributed by atoms with van der Waals surface area (Å²) in [6.07, 6.45) is 3.60. The average molecular weight is 377 g/mol. The average Bonchev–Trinajstić information content (AvgIpc) is 3.39. The maximum Gasteiger partial charge on any atom is 0.271 e. The van der Waals surface area contributed by atoms with Crippen molar-refractivity contribution in [3.63, 3.8) is 0 Å². The largest absolute Gasteiger partial charge is 0.347 e. The van der Waals surface area contributed by atoms with Gasteiger partial charge in [0.1, 0.15) is 10.7 Å². The van der Waals surface area contributed by atoms with Crippen molar-refractivity contribution in [2.45, 2.75) is 6.54 Å². The van der Waals surface area contributed by atoms with Crippen LogP contribution in [0, 0.1) is 0 Å². The Morgan fingerprint density at radius 3 is 2.69 bits per heavy atom. The summed E-state index contributed by atoms with van der Waals surface area (Å²) in [4.78, 5) is 21.1. The van der Waals surface area contributed by atoms with E-state index in [9.17, 15) is 4.79 Å². The molecule has 128 valence electrons. The van der Waals surface area contributed by atoms with Gasteiger partial charge in [-0.25, -0.2) is 4.98 Å². The molecule has 0 fully saturated rings. The van der Waals surface area contributed by atoms with Gasteiger partial charge in [0.25, 0.3) is 5.91 Å². The summed E-state index contributed by atoms with van der Waals surface area (Å²) in [5, 5.41) is 9.68. The number of nitrogens with zero attached hydrogens (tertiary/aromatic N) is 2. The van der Waals surface area contributed by atoms with Crippen molar-refractivity contribution in [1.29, 1.82) is 0 Å². The van der Waals surface area contributed by atoms with Crippen molar-refractivity contribution in [3.8, 4) is 21.7 Å². The smallest absolute Gasteiger partial charge is 0.271 e. The van der Waals surface area contributed by atoms with Crippen LogP contribution in [-0.4, -0.2) is 15.9 Å². The molecular formula is C20H15N3OS2. The summed E-state index contributed by atoms with van der Waals surface area (Å²) < 4.78 is 0. The first-order valence-corrected chi connectivity index (χ1v) is 9.87. The van der Waals surface area contributed by atoms with Crippen LogP contribution >= 0.6 is 22.7 Å². The van der Waals surface area contributed by atoms with Gasteiger partial charge in [-0.15, -0.1) is 11.3 Å². The molecule has 4 nitrogen and oxygen atoms in total. The number of carbonyl (C=O) groups excluding carboxylic acids is 1. The number of amides is 1. The Bertz CT molecular complexity index is 1010. The molecule has 0 aliphatic rings. The van der Waals surface area contributed by atoms with E-state index in [4.69, 9.17) is 0 Å². The van der Waals surface area contributed by atoms with Gasteiger partial charge < -0.3 is 5.32 Å². The zero-order valence-corrected chi connectivity index (χ0v) is 15.4. The highest BCUT2D eigenvalue weighted by Crippen LogP contribution is 2.24. The number of nitrogens with one attached hydrogen (secondary N) is 1. The van der Waals surface area contributed by atoms with E-state index in [2.05, 4.69) is 26.7 Å². The van der Waals surface area contributed by atoms with Crippen LogP contribution in [0.15, 0.2) is 71.0 Å². The molecule has 0 spiro atoms. The maximum absolute atomic E-state index is 12.4. The van der Waals surface area contributed by atoms with E-state index in [1.54, 1.807) is 22.9 Å². The van der Waals surface area contributed by atoms with E-state index in [0.29, 0.717) is 12.2 Å². The van der Waals surface area contributed by atoms with Gasteiger partial charge in [-0.05, 0) is 34.0 Å². The molecule has 1 amide bonds. The molecular weight excluding hydrogens is 362 g/mol. The number of thiazole rings is 1. The van der Waals surface area contributed by atoms with E-state index in [0.717, 1.165) is 27.3 Å². The van der Waals surface area contributed by atoms with Crippen molar-refractivity contribution in [1.82, 2.24) is 15.3 Å². The Kier molecular flexibility index (Phi) is 4.86. The molecule has 3 heterocycles. The number of rotatable bonds is 5. The Labute approximate surface area is 159 Å². The monoisotopic (exact) mass is 377 g/mol. The number of thiophene rings is 1. The molecule has 0 bridgehead atoms. The van der Waals surface area contributed by atoms with Gasteiger partial charge in [0.05, 0.1) is 0 Å². The Morgan fingerprint density at radius 2 is 1.88 bits per heavy atom. The summed E-state index contributed by atoms with van der Waals surface area (Å²) in [6, 6.07) is 14.0. The number of aromatic nitrogens is 2. The lowest BCUT2D eigenvalue weighted by Gasteiger charge is -2.05. The van der Waals surface area contributed by atoms with E-state index in [1.807, 2.05) is 48.0 Å². The van der Waals surface area contributed by atoms with E-state index >= 15 is 0 Å². The molecule has 4 aromatic rings. The van der Waals surface area contributed by atoms with Crippen molar-refractivity contribution < 1.29 is 4.79 Å². The lowest BCUT2D eigenvalue weighted by Crippen LogP contribution is -2.23. The SMILES string of the molecule is O=C(NCc1cncc(-c2ccsc2)c1)c1csc(-c2ccccc2)n1. The van der Waals surface area contributed by atoms with Crippen LogP contribution < -0.4 is 5.32 Å². The van der Waals surface area contributed by atoms with E-state index in [1.165, 1.54) is 11.3 Å². The second-order valence-corrected chi connectivity index (χ2v) is 7.32. The Balaban J connectivity index is 1.43. The molecule has 1 N–H and O–H groups in total. The number of benzene rings is 1. The molecule has 0 aliphatic carbocycles. The van der Waals surface area contributed by atoms with Crippen LogP contribution in [0.2, 0.25) is 0 Å². The molecule has 0 atom stereocenters. The van der Waals surface area contributed by atoms with Gasteiger partial charge >= 0.3 is 0 Å². The summed E-state index contributed by atoms with van der Waals surface area (Å²) in [5.74, 6) is -0.177. The minimum absolute atomic E-state index is 0.177. The third-order valence-corrected chi connectivity index (χ3v) is 5.43. The van der Waals surface area contributed by atoms with Crippen molar-refractivity contribution in [2.24, 2.45) is 0 Å². The molecule has 26 heavy (non-hydrogen) atoms. The second kappa shape index (κ2) is 7.59. The molecule has 3 aromatic heterocycles. The zero-order valence-electron chi connectivity index (χ0n) is 13.8. The fourth-order valence-corrected chi connectivity index (χ4v) is 4.01. The van der Waals surface area contributed by atoms with Crippen molar-refractivity contribution in [3.05, 3.63) is 82.3 Å². The minimum Gasteiger partial charge on any atom is -0.347 e. The molecule has 0 saturated heterocycles. The Hall–Kier alpha value is -2.83. The molecule has 0 unspecified atom stereocenters. The normalized spacial score (nSPS) is 10.6. The first-order chi connectivity index (χ1) is 12.8. The minimum atomic E-state index is -0.177. The van der Waals surface area contributed by atoms with E-state index < -0.39 is 0 Å². The van der Waals surface area contributed by atoms with Gasteiger partial charge in [0.2, 0.25) is 0 Å². The topological polar surface area (TPSA) is 54.9 Å². The van der Waals surface area contributed by atoms with Gasteiger partial charge in [-0.2, -0.15) is 11.3 Å². The van der Waals surface area contributed by atoms with Crippen LogP contribution in [0.3, 0.4) is 0 Å². The predicted molar refractivity (Wildman–Crippen MR) is 106 cm³/mol.